The first-order valence-electron chi connectivity index (χ1n) is 7.79. The van der Waals surface area contributed by atoms with Crippen LogP contribution in [0, 0.1) is 17.3 Å². The highest BCUT2D eigenvalue weighted by atomic mass is 17.2. The molecule has 2 saturated carbocycles. The standard InChI is InChI=1S/C15H22O6/c1-8-9-3-5-13(2)10(16)4-6-14(13)7-15(18,21-20-14)11(9)19-12(8)17/h8-11,16,18H,3-7H2,1-2H3/t8-,9-,10+,11-,13-,14+,15-/m0/s1. The zero-order chi connectivity index (χ0) is 15.0. The van der Waals surface area contributed by atoms with Crippen molar-refractivity contribution < 1.29 is 29.5 Å². The molecule has 2 aliphatic carbocycles. The molecule has 4 rings (SSSR count). The van der Waals surface area contributed by atoms with Gasteiger partial charge in [-0.2, -0.15) is 4.89 Å². The third-order valence-corrected chi connectivity index (χ3v) is 6.57. The zero-order valence-electron chi connectivity index (χ0n) is 12.4. The van der Waals surface area contributed by atoms with Crippen molar-refractivity contribution in [2.75, 3.05) is 0 Å². The van der Waals surface area contributed by atoms with E-state index in [4.69, 9.17) is 14.5 Å². The Labute approximate surface area is 123 Å². The van der Waals surface area contributed by atoms with Crippen LogP contribution in [0.4, 0.5) is 0 Å². The van der Waals surface area contributed by atoms with E-state index in [1.165, 1.54) is 0 Å². The zero-order valence-corrected chi connectivity index (χ0v) is 12.4. The predicted octanol–water partition coefficient (Wildman–Crippen LogP) is 0.898. The lowest BCUT2D eigenvalue weighted by Gasteiger charge is -2.43. The summed E-state index contributed by atoms with van der Waals surface area (Å²) in [5.74, 6) is -2.26. The quantitative estimate of drug-likeness (QED) is 0.510. The van der Waals surface area contributed by atoms with E-state index in [2.05, 4.69) is 0 Å². The van der Waals surface area contributed by atoms with Gasteiger partial charge in [0.15, 0.2) is 6.10 Å². The molecule has 2 aliphatic heterocycles. The summed E-state index contributed by atoms with van der Waals surface area (Å²) in [6.45, 7) is 3.83. The molecule has 0 aromatic carbocycles. The fourth-order valence-electron chi connectivity index (χ4n) is 4.92. The molecule has 2 heterocycles. The van der Waals surface area contributed by atoms with E-state index < -0.39 is 29.0 Å². The van der Waals surface area contributed by atoms with Gasteiger partial charge in [-0.15, -0.1) is 0 Å². The molecule has 0 aromatic heterocycles. The van der Waals surface area contributed by atoms with Gasteiger partial charge in [-0.25, -0.2) is 4.89 Å². The van der Waals surface area contributed by atoms with Crippen molar-refractivity contribution in [1.29, 1.82) is 0 Å². The number of carbonyl (C=O) groups is 1. The van der Waals surface area contributed by atoms with Crippen LogP contribution in [0.5, 0.6) is 0 Å². The van der Waals surface area contributed by atoms with Gasteiger partial charge in [0.25, 0.3) is 0 Å². The summed E-state index contributed by atoms with van der Waals surface area (Å²) in [5.41, 5.74) is -1.15. The Kier molecular flexibility index (Phi) is 2.64. The Balaban J connectivity index is 1.77. The maximum atomic E-state index is 11.9. The molecule has 2 N–H and O–H groups in total. The summed E-state index contributed by atoms with van der Waals surface area (Å²) < 4.78 is 5.39. The highest BCUT2D eigenvalue weighted by Gasteiger charge is 2.71. The Morgan fingerprint density at radius 1 is 1.24 bits per heavy atom. The number of hydrogen-bond donors (Lipinski definition) is 2. The van der Waals surface area contributed by atoms with Gasteiger partial charge in [0.1, 0.15) is 5.60 Å². The van der Waals surface area contributed by atoms with Crippen LogP contribution in [0.2, 0.25) is 0 Å². The molecular formula is C15H22O6. The highest BCUT2D eigenvalue weighted by Crippen LogP contribution is 2.62. The molecule has 0 aromatic rings. The minimum atomic E-state index is -1.60. The van der Waals surface area contributed by atoms with Crippen molar-refractivity contribution >= 4 is 5.97 Å². The molecular weight excluding hydrogens is 276 g/mol. The molecule has 7 atom stereocenters. The minimum absolute atomic E-state index is 0.105. The van der Waals surface area contributed by atoms with Gasteiger partial charge < -0.3 is 14.9 Å². The summed E-state index contributed by atoms with van der Waals surface area (Å²) in [6.07, 6.45) is 1.82. The second-order valence-electron chi connectivity index (χ2n) is 7.50. The molecule has 0 radical (unpaired) electrons. The Bertz CT molecular complexity index is 495. The summed E-state index contributed by atoms with van der Waals surface area (Å²) in [4.78, 5) is 22.8. The van der Waals surface area contributed by atoms with Crippen LogP contribution in [0.1, 0.15) is 46.0 Å². The van der Waals surface area contributed by atoms with E-state index in [0.717, 1.165) is 6.42 Å². The Morgan fingerprint density at radius 2 is 2.00 bits per heavy atom. The molecule has 21 heavy (non-hydrogen) atoms. The van der Waals surface area contributed by atoms with Crippen LogP contribution in [0.15, 0.2) is 0 Å². The first-order chi connectivity index (χ1) is 9.81. The van der Waals surface area contributed by atoms with E-state index >= 15 is 0 Å². The van der Waals surface area contributed by atoms with Crippen LogP contribution >= 0.6 is 0 Å². The average molecular weight is 298 g/mol. The van der Waals surface area contributed by atoms with Crippen molar-refractivity contribution in [2.45, 2.75) is 69.5 Å². The number of fused-ring (bicyclic) bond motifs is 3. The average Bonchev–Trinajstić information content (AvgIpc) is 3.02. The monoisotopic (exact) mass is 298 g/mol. The maximum absolute atomic E-state index is 11.9. The Hall–Kier alpha value is -0.690. The second kappa shape index (κ2) is 3.98. The lowest BCUT2D eigenvalue weighted by molar-refractivity contribution is -0.416. The van der Waals surface area contributed by atoms with Crippen LogP contribution < -0.4 is 0 Å². The normalized spacial score (nSPS) is 59.1. The van der Waals surface area contributed by atoms with Crippen LogP contribution in [-0.2, 0) is 19.3 Å². The minimum Gasteiger partial charge on any atom is -0.456 e. The molecule has 118 valence electrons. The molecule has 1 spiro atoms. The van der Waals surface area contributed by atoms with E-state index in [0.29, 0.717) is 19.3 Å². The number of ether oxygens (including phenoxy) is 1. The summed E-state index contributed by atoms with van der Waals surface area (Å²) in [6, 6.07) is 0. The van der Waals surface area contributed by atoms with Gasteiger partial charge in [0, 0.05) is 17.8 Å². The van der Waals surface area contributed by atoms with E-state index in [-0.39, 0.29) is 24.2 Å². The number of carbonyl (C=O) groups excluding carboxylic acids is 1. The summed E-state index contributed by atoms with van der Waals surface area (Å²) in [5, 5.41) is 21.3. The third kappa shape index (κ3) is 1.54. The predicted molar refractivity (Wildman–Crippen MR) is 69.6 cm³/mol. The van der Waals surface area contributed by atoms with Crippen molar-refractivity contribution in [3.05, 3.63) is 0 Å². The fourth-order valence-corrected chi connectivity index (χ4v) is 4.92. The molecule has 0 unspecified atom stereocenters. The number of rotatable bonds is 0. The first-order valence-corrected chi connectivity index (χ1v) is 7.79. The molecule has 2 bridgehead atoms. The lowest BCUT2D eigenvalue weighted by atomic mass is 9.64. The number of aliphatic hydroxyl groups excluding tert-OH is 1. The van der Waals surface area contributed by atoms with Crippen LogP contribution in [0.25, 0.3) is 0 Å². The van der Waals surface area contributed by atoms with Crippen molar-refractivity contribution in [1.82, 2.24) is 0 Å². The number of esters is 1. The fraction of sp³-hybridized carbons (Fsp3) is 0.933. The smallest absolute Gasteiger partial charge is 0.309 e. The maximum Gasteiger partial charge on any atom is 0.309 e. The van der Waals surface area contributed by atoms with Gasteiger partial charge >= 0.3 is 5.97 Å². The van der Waals surface area contributed by atoms with Crippen LogP contribution in [0.3, 0.4) is 0 Å². The highest BCUT2D eigenvalue weighted by molar-refractivity contribution is 5.75. The molecule has 0 amide bonds. The van der Waals surface area contributed by atoms with E-state index in [1.807, 2.05) is 13.8 Å². The van der Waals surface area contributed by atoms with Crippen LogP contribution in [-0.4, -0.2) is 39.8 Å². The summed E-state index contributed by atoms with van der Waals surface area (Å²) in [7, 11) is 0. The van der Waals surface area contributed by atoms with Gasteiger partial charge in [-0.05, 0) is 25.7 Å². The first kappa shape index (κ1) is 13.9. The number of aliphatic hydroxyl groups is 2. The largest absolute Gasteiger partial charge is 0.456 e. The van der Waals surface area contributed by atoms with Crippen molar-refractivity contribution in [3.8, 4) is 0 Å². The topological polar surface area (TPSA) is 85.2 Å². The van der Waals surface area contributed by atoms with E-state index in [9.17, 15) is 15.0 Å². The van der Waals surface area contributed by atoms with Gasteiger partial charge in [-0.1, -0.05) is 13.8 Å². The Morgan fingerprint density at radius 3 is 2.76 bits per heavy atom. The molecule has 6 heteroatoms. The summed E-state index contributed by atoms with van der Waals surface area (Å²) >= 11 is 0. The van der Waals surface area contributed by atoms with Gasteiger partial charge in [0.2, 0.25) is 5.79 Å². The lowest BCUT2D eigenvalue weighted by Crippen LogP contribution is -2.53. The number of hydrogen-bond acceptors (Lipinski definition) is 6. The third-order valence-electron chi connectivity index (χ3n) is 6.57. The van der Waals surface area contributed by atoms with Crippen molar-refractivity contribution in [2.24, 2.45) is 17.3 Å². The molecule has 4 fully saturated rings. The van der Waals surface area contributed by atoms with Gasteiger partial charge in [0.05, 0.1) is 12.0 Å². The van der Waals surface area contributed by atoms with E-state index in [1.54, 1.807) is 0 Å². The molecule has 2 saturated heterocycles. The van der Waals surface area contributed by atoms with Crippen molar-refractivity contribution in [3.63, 3.8) is 0 Å². The second-order valence-corrected chi connectivity index (χ2v) is 7.50. The molecule has 6 nitrogen and oxygen atoms in total. The van der Waals surface area contributed by atoms with Gasteiger partial charge in [-0.3, -0.25) is 4.79 Å². The molecule has 4 aliphatic rings. The SMILES string of the molecule is C[C@@H]1C(=O)O[C@H]2[C@H]1CC[C@@]1(C)[C@H](O)CC[C@@]13C[C@]2(O)OO3.